The largest absolute Gasteiger partial charge is 0.508 e. The van der Waals surface area contributed by atoms with Crippen LogP contribution in [0.2, 0.25) is 5.02 Å². The summed E-state index contributed by atoms with van der Waals surface area (Å²) in [6.45, 7) is 84.7. The molecule has 0 heterocycles. The summed E-state index contributed by atoms with van der Waals surface area (Å²) < 4.78 is 14.5. The van der Waals surface area contributed by atoms with Crippen LogP contribution in [-0.2, 0) is 25.7 Å². The van der Waals surface area contributed by atoms with E-state index >= 15 is 0 Å². The molecular weight excluding hydrogens is 1860 g/mol. The summed E-state index contributed by atoms with van der Waals surface area (Å²) in [5, 5.41) is 60.0. The smallest absolute Gasteiger partial charge is 0.123 e. The number of nitrogens with zero attached hydrogens (tertiary/aromatic N) is 4. The third-order valence-electron chi connectivity index (χ3n) is 38.2. The number of fused-ring (bicyclic) bond motifs is 8. The number of rotatable bonds is 16. The van der Waals surface area contributed by atoms with Crippen molar-refractivity contribution in [1.29, 1.82) is 0 Å². The van der Waals surface area contributed by atoms with Crippen LogP contribution in [0.15, 0.2) is 181 Å². The van der Waals surface area contributed by atoms with Crippen molar-refractivity contribution in [3.63, 3.8) is 0 Å². The molecule has 4 aromatic rings. The summed E-state index contributed by atoms with van der Waals surface area (Å²) >= 11 is 9.69. The highest BCUT2D eigenvalue weighted by Gasteiger charge is 2.53. The molecule has 144 heavy (non-hydrogen) atoms. The van der Waals surface area contributed by atoms with Crippen LogP contribution in [-0.4, -0.2) is 48.8 Å². The lowest BCUT2D eigenvalue weighted by Gasteiger charge is -2.53. The fourth-order valence-electron chi connectivity index (χ4n) is 31.4. The van der Waals surface area contributed by atoms with E-state index in [1.54, 1.807) is 28.8 Å². The number of hydrogen-bond acceptors (Lipinski definition) is 9. The Hall–Kier alpha value is -6.56. The van der Waals surface area contributed by atoms with Gasteiger partial charge in [-0.3, -0.25) is 0 Å². The third-order valence-corrected chi connectivity index (χ3v) is 38.9. The Morgan fingerprint density at radius 1 is 0.347 bits per heavy atom. The summed E-state index contributed by atoms with van der Waals surface area (Å²) in [5.74, 6) is 23.3. The number of phenols is 1. The molecule has 20 atom stereocenters. The molecular formula is C132H203BrClFN4O5. The molecule has 0 aliphatic heterocycles. The summed E-state index contributed by atoms with van der Waals surface area (Å²) in [4.78, 5) is 0. The number of aryl methyl sites for hydroxylation is 4. The maximum atomic E-state index is 13.3. The van der Waals surface area contributed by atoms with Crippen molar-refractivity contribution in [2.45, 2.75) is 389 Å². The molecule has 9 nitrogen and oxygen atoms in total. The molecule has 0 aromatic heterocycles. The molecule has 0 bridgehead atoms. The van der Waals surface area contributed by atoms with Crippen LogP contribution in [0, 0.1) is 193 Å². The molecule has 0 saturated heterocycles. The monoisotopic (exact) mass is 2060 g/mol. The number of allylic oxidation sites excluding steroid dienone is 14. The van der Waals surface area contributed by atoms with Gasteiger partial charge in [0.2, 0.25) is 0 Å². The molecule has 12 heteroatoms. The van der Waals surface area contributed by atoms with Gasteiger partial charge in [-0.2, -0.15) is 0 Å². The van der Waals surface area contributed by atoms with Crippen LogP contribution in [0.25, 0.3) is 0 Å². The first-order valence-electron chi connectivity index (χ1n) is 57.5. The minimum atomic E-state index is -0.0887. The highest BCUT2D eigenvalue weighted by atomic mass is 79.9. The lowest BCUT2D eigenvalue weighted by atomic mass is 9.52. The van der Waals surface area contributed by atoms with Crippen LogP contribution in [0.4, 0.5) is 4.39 Å². The van der Waals surface area contributed by atoms with Crippen molar-refractivity contribution in [2.75, 3.05) is 0 Å². The Kier molecular flexibility index (Phi) is 44.5. The van der Waals surface area contributed by atoms with Gasteiger partial charge in [-0.25, -0.2) is 4.39 Å². The Morgan fingerprint density at radius 3 is 1.17 bits per heavy atom. The lowest BCUT2D eigenvalue weighted by molar-refractivity contribution is 0.0363. The highest BCUT2D eigenvalue weighted by molar-refractivity contribution is 9.10. The molecule has 0 spiro atoms. The van der Waals surface area contributed by atoms with Crippen LogP contribution in [0.5, 0.6) is 5.75 Å². The quantitative estimate of drug-likeness (QED) is 0.0430. The molecule has 0 radical (unpaired) electrons. The fourth-order valence-corrected chi connectivity index (χ4v) is 32.0. The van der Waals surface area contributed by atoms with E-state index in [9.17, 15) is 9.50 Å². The zero-order chi connectivity index (χ0) is 107. The Bertz CT molecular complexity index is 4850. The zero-order valence-electron chi connectivity index (χ0n) is 97.1. The fraction of sp³-hybridized carbons (Fsp3) is 0.682. The average molecular weight is 2060 g/mol. The lowest BCUT2D eigenvalue weighted by Crippen LogP contribution is -2.45. The van der Waals surface area contributed by atoms with Gasteiger partial charge >= 0.3 is 0 Å². The van der Waals surface area contributed by atoms with Gasteiger partial charge in [-0.1, -0.05) is 369 Å². The summed E-state index contributed by atoms with van der Waals surface area (Å²) in [6.07, 6.45) is 42.6. The van der Waals surface area contributed by atoms with Gasteiger partial charge in [-0.05, 0) is 438 Å². The molecule has 5 N–H and O–H groups in total. The van der Waals surface area contributed by atoms with Crippen molar-refractivity contribution in [3.05, 3.63) is 216 Å². The number of benzene rings is 4. The summed E-state index contributed by atoms with van der Waals surface area (Å²) in [7, 11) is 0. The number of halogens is 3. The van der Waals surface area contributed by atoms with Gasteiger partial charge in [0.25, 0.3) is 0 Å². The Labute approximate surface area is 892 Å². The van der Waals surface area contributed by atoms with Crippen LogP contribution < -0.4 is 0 Å². The minimum absolute atomic E-state index is 0.0477. The molecule has 3 fully saturated rings. The Morgan fingerprint density at radius 2 is 0.736 bits per heavy atom. The normalized spacial score (nSPS) is 30.9. The van der Waals surface area contributed by atoms with Gasteiger partial charge in [0.1, 0.15) is 23.0 Å². The molecule has 16 rings (SSSR count). The van der Waals surface area contributed by atoms with Gasteiger partial charge < -0.3 is 25.9 Å². The van der Waals surface area contributed by atoms with Gasteiger partial charge in [-0.15, -0.1) is 0 Å². The van der Waals surface area contributed by atoms with Crippen molar-refractivity contribution < 1.29 is 30.3 Å². The Balaban J connectivity index is 0.000000183. The zero-order valence-corrected chi connectivity index (χ0v) is 99.4. The van der Waals surface area contributed by atoms with E-state index < -0.39 is 0 Å². The van der Waals surface area contributed by atoms with E-state index in [0.717, 1.165) is 168 Å². The predicted octanol–water partition coefficient (Wildman–Crippen LogP) is 38.7. The SMILES string of the molecule is CC(C)C1C=CC2=C/C(=N\O)C=C[C@]2(C)C1C(C)C.CC(C)C1CC=C2C/C(=N\O)CC[C@]2(C)C1C(C)C.CC(C)C1CCC2=C/C(=N\O)C=C[C@]2(C)C1C(C)C.CC(C)C1CCC2=C/C(=N\O)CC[C@]2(C)C1C(C)C.CC(C)C1CCc2cc(Br)ccc2C1C(C)C.CC(C)C1CCc2cc(Cl)ccc2C1C(C)C.CC(C)C1CCc2cc(F)ccc2C1C(C)C.CC(C)C1CCc2cc(O)ccc2C1C(C)C. The minimum Gasteiger partial charge on any atom is -0.508 e. The van der Waals surface area contributed by atoms with Crippen molar-refractivity contribution in [2.24, 2.45) is 208 Å². The van der Waals surface area contributed by atoms with E-state index in [2.05, 4.69) is 371 Å². The number of aromatic hydroxyl groups is 1. The van der Waals surface area contributed by atoms with Gasteiger partial charge in [0.05, 0.1) is 11.4 Å². The van der Waals surface area contributed by atoms with E-state index in [1.807, 2.05) is 36.4 Å². The number of hydrogen-bond donors (Lipinski definition) is 5. The standard InChI is InChI=1S/2C17H29NO.C17H27NO.C17H25NO.C16H23Br.C16H23Cl.C16H23F.C16H24O/c4*1-11(2)15-7-6-13-10-14(18-19)8-9-17(13,5)16(15)12(3)4;4*1-10(2)14-7-5-12-9-13(17)6-8-15(12)16(14)11(3)4/h10-12,15-16,19H,6-9H2,1-5H3;6,11-12,15-16,19H,7-10H2,1-5H3;8-12,15-16,19H,6-7H2,1-5H3;6-12,15-16,19H,1-5H3;3*6,8-11,14,16H,5,7H2,1-4H3;6,8-11,14,16-17H,5,7H2,1-4H3/b4*18-14-;;;;/t4*15?,16?,17-;;;;/m0000..../s1. The van der Waals surface area contributed by atoms with Gasteiger partial charge in [0, 0.05) is 26.7 Å². The highest BCUT2D eigenvalue weighted by Crippen LogP contribution is 2.61. The second-order valence-electron chi connectivity index (χ2n) is 52.8. The molecule has 16 unspecified atom stereocenters. The predicted molar refractivity (Wildman–Crippen MR) is 619 cm³/mol. The van der Waals surface area contributed by atoms with Crippen molar-refractivity contribution in [1.82, 2.24) is 0 Å². The van der Waals surface area contributed by atoms with Crippen molar-refractivity contribution in [3.8, 4) is 5.75 Å². The maximum Gasteiger partial charge on any atom is 0.123 e. The average Bonchev–Trinajstić information content (AvgIpc) is 0.750. The van der Waals surface area contributed by atoms with Crippen LogP contribution >= 0.6 is 27.5 Å². The first-order chi connectivity index (χ1) is 67.6. The number of oxime groups is 4. The van der Waals surface area contributed by atoms with Crippen LogP contribution in [0.1, 0.15) is 407 Å². The molecule has 3 saturated carbocycles. The van der Waals surface area contributed by atoms with E-state index in [4.69, 9.17) is 32.4 Å². The second-order valence-corrected chi connectivity index (χ2v) is 54.1. The summed E-state index contributed by atoms with van der Waals surface area (Å²) in [5.41, 5.74) is 21.4. The van der Waals surface area contributed by atoms with E-state index in [-0.39, 0.29) is 16.6 Å². The molecule has 0 amide bonds. The van der Waals surface area contributed by atoms with Gasteiger partial charge in [0.15, 0.2) is 0 Å². The third kappa shape index (κ3) is 28.4. The van der Waals surface area contributed by atoms with E-state index in [1.165, 1.54) is 119 Å². The molecule has 802 valence electrons. The topological polar surface area (TPSA) is 151 Å². The molecule has 12 aliphatic carbocycles. The van der Waals surface area contributed by atoms with Crippen LogP contribution in [0.3, 0.4) is 0 Å². The molecule has 12 aliphatic rings. The summed E-state index contributed by atoms with van der Waals surface area (Å²) in [6, 6.07) is 24.7. The number of phenolic OH excluding ortho intramolecular Hbond substituents is 1. The maximum absolute atomic E-state index is 13.3. The first kappa shape index (κ1) is 121. The van der Waals surface area contributed by atoms with Crippen molar-refractivity contribution >= 4 is 50.4 Å². The molecule has 4 aromatic carbocycles. The van der Waals surface area contributed by atoms with E-state index in [0.29, 0.717) is 117 Å². The first-order valence-corrected chi connectivity index (χ1v) is 58.7. The second kappa shape index (κ2) is 52.9.